The monoisotopic (exact) mass is 564 g/mol. The minimum atomic E-state index is -1.29. The minimum Gasteiger partial charge on any atom is -0.462 e. The smallest absolute Gasteiger partial charge is 0.327 e. The van der Waals surface area contributed by atoms with E-state index in [1.807, 2.05) is 0 Å². The van der Waals surface area contributed by atoms with E-state index in [9.17, 15) is 9.59 Å². The number of carbonyl (C=O) groups excluding carboxylic acids is 2. The average Bonchev–Trinajstić information content (AvgIpc) is 2.83. The van der Waals surface area contributed by atoms with Gasteiger partial charge >= 0.3 is 11.9 Å². The maximum Gasteiger partial charge on any atom is 0.327 e. The molecule has 3 N–H and O–H groups in total. The molecule has 40 heavy (non-hydrogen) atoms. The van der Waals surface area contributed by atoms with Crippen molar-refractivity contribution in [3.05, 3.63) is 0 Å². The summed E-state index contributed by atoms with van der Waals surface area (Å²) in [5, 5.41) is 3.56. The zero-order valence-corrected chi connectivity index (χ0v) is 27.3. The van der Waals surface area contributed by atoms with Crippen LogP contribution in [-0.2, 0) is 19.1 Å². The summed E-state index contributed by atoms with van der Waals surface area (Å²) in [6, 6.07) is 0.348. The number of likely N-dealkylation sites (tertiary alicyclic amines) is 2. The summed E-state index contributed by atoms with van der Waals surface area (Å²) in [5.41, 5.74) is 5.20. The van der Waals surface area contributed by atoms with E-state index in [1.54, 1.807) is 0 Å². The van der Waals surface area contributed by atoms with E-state index in [0.717, 1.165) is 38.5 Å². The van der Waals surface area contributed by atoms with Crippen molar-refractivity contribution in [2.24, 2.45) is 5.73 Å². The number of nitrogens with two attached hydrogens (primary N) is 1. The molecule has 8 nitrogen and oxygen atoms in total. The first-order valence-corrected chi connectivity index (χ1v) is 15.7. The van der Waals surface area contributed by atoms with Gasteiger partial charge in [0.05, 0.1) is 0 Å². The lowest BCUT2D eigenvalue weighted by molar-refractivity contribution is -0.166. The second-order valence-electron chi connectivity index (χ2n) is 15.7. The SMILES string of the molecule is CN1C(C)(C)CC(OC(=O)CC[C@@](N)(CNC2CCCCC2)C(=O)OC2CC(C)(C)N(C)C(C)(C)C2)CC1(C)C. The van der Waals surface area contributed by atoms with Crippen LogP contribution < -0.4 is 11.1 Å². The Morgan fingerprint density at radius 1 is 0.775 bits per heavy atom. The number of hydrogen-bond donors (Lipinski definition) is 2. The largest absolute Gasteiger partial charge is 0.462 e. The summed E-state index contributed by atoms with van der Waals surface area (Å²) >= 11 is 0. The highest BCUT2D eigenvalue weighted by atomic mass is 16.5. The summed E-state index contributed by atoms with van der Waals surface area (Å²) < 4.78 is 12.2. The summed E-state index contributed by atoms with van der Waals surface area (Å²) in [7, 11) is 4.27. The molecule has 3 fully saturated rings. The highest BCUT2D eigenvalue weighted by Crippen LogP contribution is 2.40. The van der Waals surface area contributed by atoms with Gasteiger partial charge in [-0.05, 0) is 88.7 Å². The van der Waals surface area contributed by atoms with Crippen molar-refractivity contribution in [3.63, 3.8) is 0 Å². The Labute approximate surface area is 244 Å². The summed E-state index contributed by atoms with van der Waals surface area (Å²) in [4.78, 5) is 31.6. The molecule has 1 atom stereocenters. The lowest BCUT2D eigenvalue weighted by Gasteiger charge is -2.53. The van der Waals surface area contributed by atoms with E-state index in [0.29, 0.717) is 12.6 Å². The van der Waals surface area contributed by atoms with Gasteiger partial charge in [0.25, 0.3) is 0 Å². The first kappa shape index (κ1) is 33.3. The molecule has 0 spiro atoms. The zero-order valence-electron chi connectivity index (χ0n) is 27.3. The van der Waals surface area contributed by atoms with E-state index in [2.05, 4.69) is 84.6 Å². The van der Waals surface area contributed by atoms with E-state index in [1.165, 1.54) is 19.3 Å². The predicted molar refractivity (Wildman–Crippen MR) is 161 cm³/mol. The van der Waals surface area contributed by atoms with Crippen LogP contribution in [0.5, 0.6) is 0 Å². The molecule has 0 amide bonds. The molecule has 232 valence electrons. The number of nitrogens with zero attached hydrogens (tertiary/aromatic N) is 2. The van der Waals surface area contributed by atoms with Crippen molar-refractivity contribution >= 4 is 11.9 Å². The third-order valence-corrected chi connectivity index (χ3v) is 10.6. The molecule has 1 aliphatic carbocycles. The van der Waals surface area contributed by atoms with Crippen LogP contribution in [0, 0.1) is 0 Å². The van der Waals surface area contributed by atoms with Gasteiger partial charge in [-0.15, -0.1) is 0 Å². The van der Waals surface area contributed by atoms with E-state index >= 15 is 0 Å². The zero-order chi connectivity index (χ0) is 30.1. The molecule has 1 saturated carbocycles. The predicted octanol–water partition coefficient (Wildman–Crippen LogP) is 4.78. The van der Waals surface area contributed by atoms with Crippen molar-refractivity contribution in [2.45, 2.75) is 172 Å². The first-order chi connectivity index (χ1) is 18.3. The molecular weight excluding hydrogens is 504 g/mol. The molecule has 0 aromatic carbocycles. The maximum absolute atomic E-state index is 13.8. The molecule has 0 radical (unpaired) electrons. The lowest BCUT2D eigenvalue weighted by Crippen LogP contribution is -2.62. The number of nitrogens with one attached hydrogen (secondary N) is 1. The van der Waals surface area contributed by atoms with Gasteiger partial charge < -0.3 is 20.5 Å². The summed E-state index contributed by atoms with van der Waals surface area (Å²) in [6.45, 7) is 17.8. The fraction of sp³-hybridized carbons (Fsp3) is 0.938. The van der Waals surface area contributed by atoms with E-state index in [-0.39, 0.29) is 53.2 Å². The van der Waals surface area contributed by atoms with Crippen molar-refractivity contribution in [2.75, 3.05) is 20.6 Å². The van der Waals surface area contributed by atoms with Crippen molar-refractivity contribution in [3.8, 4) is 0 Å². The molecule has 0 aromatic rings. The van der Waals surface area contributed by atoms with Crippen LogP contribution in [0.1, 0.15) is 126 Å². The molecule has 0 unspecified atom stereocenters. The Bertz CT molecular complexity index is 859. The van der Waals surface area contributed by atoms with E-state index < -0.39 is 11.5 Å². The van der Waals surface area contributed by atoms with Crippen LogP contribution >= 0.6 is 0 Å². The van der Waals surface area contributed by atoms with Gasteiger partial charge in [-0.2, -0.15) is 0 Å². The minimum absolute atomic E-state index is 0.0757. The molecular formula is C32H60N4O4. The second-order valence-corrected chi connectivity index (χ2v) is 15.7. The van der Waals surface area contributed by atoms with E-state index in [4.69, 9.17) is 15.2 Å². The Morgan fingerprint density at radius 2 is 1.20 bits per heavy atom. The number of rotatable bonds is 9. The van der Waals surface area contributed by atoms with Gasteiger partial charge in [-0.1, -0.05) is 19.3 Å². The van der Waals surface area contributed by atoms with Crippen LogP contribution in [0.2, 0.25) is 0 Å². The molecule has 0 aromatic heterocycles. The fourth-order valence-electron chi connectivity index (χ4n) is 7.46. The number of carbonyl (C=O) groups is 2. The van der Waals surface area contributed by atoms with Crippen molar-refractivity contribution in [1.29, 1.82) is 0 Å². The van der Waals surface area contributed by atoms with Gasteiger partial charge in [-0.25, -0.2) is 4.79 Å². The van der Waals surface area contributed by atoms with Crippen LogP contribution in [-0.4, -0.2) is 88.3 Å². The molecule has 3 rings (SSSR count). The Hall–Kier alpha value is -1.22. The van der Waals surface area contributed by atoms with Crippen LogP contribution in [0.4, 0.5) is 0 Å². The normalized spacial score (nSPS) is 27.6. The third-order valence-electron chi connectivity index (χ3n) is 10.6. The number of hydrogen-bond acceptors (Lipinski definition) is 8. The van der Waals surface area contributed by atoms with Gasteiger partial charge in [0.15, 0.2) is 0 Å². The Balaban J connectivity index is 1.67. The van der Waals surface area contributed by atoms with Gasteiger partial charge in [0.2, 0.25) is 0 Å². The van der Waals surface area contributed by atoms with Crippen LogP contribution in [0.25, 0.3) is 0 Å². The van der Waals surface area contributed by atoms with Gasteiger partial charge in [-0.3, -0.25) is 14.6 Å². The molecule has 0 bridgehead atoms. The second kappa shape index (κ2) is 12.2. The highest BCUT2D eigenvalue weighted by molar-refractivity contribution is 5.82. The maximum atomic E-state index is 13.8. The molecule has 3 aliphatic rings. The summed E-state index contributed by atoms with van der Waals surface area (Å²) in [5.74, 6) is -0.700. The van der Waals surface area contributed by atoms with Crippen molar-refractivity contribution in [1.82, 2.24) is 15.1 Å². The molecule has 2 saturated heterocycles. The molecule has 2 aliphatic heterocycles. The highest BCUT2D eigenvalue weighted by Gasteiger charge is 2.47. The molecule has 2 heterocycles. The van der Waals surface area contributed by atoms with Crippen molar-refractivity contribution < 1.29 is 19.1 Å². The lowest BCUT2D eigenvalue weighted by atomic mass is 9.78. The first-order valence-electron chi connectivity index (χ1n) is 15.7. The topological polar surface area (TPSA) is 97.1 Å². The number of esters is 2. The standard InChI is InChI=1S/C32H60N4O4/c1-28(2)18-24(19-29(3,4)35(28)9)39-26(37)16-17-32(33,22-34-23-14-12-11-13-15-23)27(38)40-25-20-30(5,6)36(10)31(7,8)21-25/h23-25,34H,11-22,33H2,1-10H3/t32-/m1/s1. The number of ether oxygens (including phenoxy) is 2. The number of piperidine rings is 2. The Kier molecular flexibility index (Phi) is 10.1. The van der Waals surface area contributed by atoms with Gasteiger partial charge in [0, 0.05) is 66.8 Å². The molecule has 8 heteroatoms. The summed E-state index contributed by atoms with van der Waals surface area (Å²) in [6.07, 6.45) is 8.77. The van der Waals surface area contributed by atoms with Crippen LogP contribution in [0.3, 0.4) is 0 Å². The third kappa shape index (κ3) is 7.99. The average molecular weight is 565 g/mol. The van der Waals surface area contributed by atoms with Gasteiger partial charge in [0.1, 0.15) is 17.7 Å². The van der Waals surface area contributed by atoms with Crippen LogP contribution in [0.15, 0.2) is 0 Å². The Morgan fingerprint density at radius 3 is 1.65 bits per heavy atom. The fourth-order valence-corrected chi connectivity index (χ4v) is 7.46. The quantitative estimate of drug-likeness (QED) is 0.387.